The van der Waals surface area contributed by atoms with Crippen molar-refractivity contribution >= 4 is 38.4 Å². The second kappa shape index (κ2) is 6.42. The molecule has 0 aliphatic carbocycles. The van der Waals surface area contributed by atoms with E-state index in [0.29, 0.717) is 17.4 Å². The molecule has 130 valence electrons. The minimum Gasteiger partial charge on any atom is -0.361 e. The summed E-state index contributed by atoms with van der Waals surface area (Å²) in [6.45, 7) is 0. The van der Waals surface area contributed by atoms with Crippen LogP contribution in [0.4, 0.5) is 0 Å². The van der Waals surface area contributed by atoms with Gasteiger partial charge in [-0.3, -0.25) is 4.79 Å². The van der Waals surface area contributed by atoms with Gasteiger partial charge in [-0.05, 0) is 65.4 Å². The summed E-state index contributed by atoms with van der Waals surface area (Å²) in [6, 6.07) is 8.21. The number of hydrogen-bond donors (Lipinski definition) is 1. The zero-order valence-corrected chi connectivity index (χ0v) is 15.3. The fraction of sp³-hybridized carbons (Fsp3) is 0.316. The third kappa shape index (κ3) is 3.41. The molecule has 0 atom stereocenters. The highest BCUT2D eigenvalue weighted by Gasteiger charge is 2.24. The number of nitrogens with one attached hydrogen (secondary N) is 1. The van der Waals surface area contributed by atoms with E-state index in [1.165, 1.54) is 22.3 Å². The SMILES string of the molecule is O=Cc1cc(-c2ccc3[nH]cc(CC4CCS(=O)(=O)CC4)c3c2)cs1. The number of sulfone groups is 1. The Balaban J connectivity index is 1.61. The molecule has 1 aliphatic rings. The number of aldehydes is 1. The summed E-state index contributed by atoms with van der Waals surface area (Å²) in [5.41, 5.74) is 4.49. The molecular formula is C19H19NO3S2. The van der Waals surface area contributed by atoms with Crippen LogP contribution in [0.15, 0.2) is 35.8 Å². The van der Waals surface area contributed by atoms with Gasteiger partial charge in [0.1, 0.15) is 9.84 Å². The number of carbonyl (C=O) groups excluding carboxylic acids is 1. The van der Waals surface area contributed by atoms with Gasteiger partial charge >= 0.3 is 0 Å². The third-order valence-electron chi connectivity index (χ3n) is 5.02. The van der Waals surface area contributed by atoms with E-state index >= 15 is 0 Å². The van der Waals surface area contributed by atoms with Gasteiger partial charge in [0, 0.05) is 17.1 Å². The van der Waals surface area contributed by atoms with E-state index in [2.05, 4.69) is 23.2 Å². The molecule has 4 rings (SSSR count). The second-order valence-corrected chi connectivity index (χ2v) is 9.98. The molecule has 1 aromatic carbocycles. The summed E-state index contributed by atoms with van der Waals surface area (Å²) in [6.07, 6.45) is 5.33. The van der Waals surface area contributed by atoms with Gasteiger partial charge in [0.05, 0.1) is 16.4 Å². The molecular weight excluding hydrogens is 354 g/mol. The molecule has 0 saturated carbocycles. The first-order valence-electron chi connectivity index (χ1n) is 8.38. The Morgan fingerprint density at radius 2 is 1.96 bits per heavy atom. The first-order valence-corrected chi connectivity index (χ1v) is 11.1. The summed E-state index contributed by atoms with van der Waals surface area (Å²) in [4.78, 5) is 15.0. The lowest BCUT2D eigenvalue weighted by Crippen LogP contribution is -2.24. The van der Waals surface area contributed by atoms with E-state index in [1.807, 2.05) is 17.6 Å². The Bertz CT molecular complexity index is 1020. The fourth-order valence-electron chi connectivity index (χ4n) is 3.55. The minimum absolute atomic E-state index is 0.314. The summed E-state index contributed by atoms with van der Waals surface area (Å²) in [5, 5.41) is 3.19. The van der Waals surface area contributed by atoms with Crippen LogP contribution in [0.2, 0.25) is 0 Å². The van der Waals surface area contributed by atoms with Crippen LogP contribution < -0.4 is 0 Å². The quantitative estimate of drug-likeness (QED) is 0.701. The third-order valence-corrected chi connectivity index (χ3v) is 7.59. The molecule has 0 spiro atoms. The van der Waals surface area contributed by atoms with Gasteiger partial charge in [0.15, 0.2) is 6.29 Å². The van der Waals surface area contributed by atoms with Crippen LogP contribution in [0.3, 0.4) is 0 Å². The highest BCUT2D eigenvalue weighted by molar-refractivity contribution is 7.91. The Hall–Kier alpha value is -1.92. The van der Waals surface area contributed by atoms with E-state index in [-0.39, 0.29) is 0 Å². The fourth-order valence-corrected chi connectivity index (χ4v) is 5.85. The number of rotatable bonds is 4. The van der Waals surface area contributed by atoms with Crippen molar-refractivity contribution in [3.05, 3.63) is 46.3 Å². The molecule has 3 aromatic rings. The summed E-state index contributed by atoms with van der Waals surface area (Å²) in [7, 11) is -2.82. The lowest BCUT2D eigenvalue weighted by molar-refractivity contribution is 0.112. The van der Waals surface area contributed by atoms with E-state index < -0.39 is 9.84 Å². The smallest absolute Gasteiger partial charge is 0.160 e. The first-order chi connectivity index (χ1) is 12.0. The number of hydrogen-bond acceptors (Lipinski definition) is 4. The molecule has 1 saturated heterocycles. The molecule has 4 nitrogen and oxygen atoms in total. The average Bonchev–Trinajstić information content (AvgIpc) is 3.23. The zero-order chi connectivity index (χ0) is 17.4. The first kappa shape index (κ1) is 16.5. The van der Waals surface area contributed by atoms with Gasteiger partial charge in [0.2, 0.25) is 0 Å². The monoisotopic (exact) mass is 373 g/mol. The maximum absolute atomic E-state index is 11.6. The van der Waals surface area contributed by atoms with E-state index in [9.17, 15) is 13.2 Å². The van der Waals surface area contributed by atoms with E-state index in [4.69, 9.17) is 0 Å². The van der Waals surface area contributed by atoms with Crippen LogP contribution >= 0.6 is 11.3 Å². The number of fused-ring (bicyclic) bond motifs is 1. The number of aromatic nitrogens is 1. The number of carbonyl (C=O) groups is 1. The Morgan fingerprint density at radius 3 is 2.68 bits per heavy atom. The molecule has 3 heterocycles. The normalized spacial score (nSPS) is 17.8. The van der Waals surface area contributed by atoms with Crippen molar-refractivity contribution in [1.29, 1.82) is 0 Å². The van der Waals surface area contributed by atoms with Crippen LogP contribution in [0.5, 0.6) is 0 Å². The molecule has 0 radical (unpaired) electrons. The highest BCUT2D eigenvalue weighted by Crippen LogP contribution is 2.31. The molecule has 1 N–H and O–H groups in total. The summed E-state index contributed by atoms with van der Waals surface area (Å²) < 4.78 is 23.2. The maximum atomic E-state index is 11.6. The second-order valence-electron chi connectivity index (χ2n) is 6.73. The van der Waals surface area contributed by atoms with Gasteiger partial charge in [-0.25, -0.2) is 8.42 Å². The minimum atomic E-state index is -2.82. The molecule has 2 aromatic heterocycles. The van der Waals surface area contributed by atoms with Crippen LogP contribution in [-0.2, 0) is 16.3 Å². The molecule has 0 unspecified atom stereocenters. The zero-order valence-electron chi connectivity index (χ0n) is 13.7. The van der Waals surface area contributed by atoms with Crippen LogP contribution in [-0.4, -0.2) is 31.2 Å². The summed E-state index contributed by atoms with van der Waals surface area (Å²) >= 11 is 1.45. The standard InChI is InChI=1S/C19H19NO3S2/c21-11-17-8-16(12-24-17)14-1-2-19-18(9-14)15(10-20-19)7-13-3-5-25(22,23)6-4-13/h1-2,8-13,20H,3-7H2. The van der Waals surface area contributed by atoms with Crippen molar-refractivity contribution in [1.82, 2.24) is 4.98 Å². The van der Waals surface area contributed by atoms with Crippen molar-refractivity contribution in [2.24, 2.45) is 5.92 Å². The predicted octanol–water partition coefficient (Wildman–Crippen LogP) is 4.08. The number of aromatic amines is 1. The van der Waals surface area contributed by atoms with Crippen molar-refractivity contribution in [3.63, 3.8) is 0 Å². The number of benzene rings is 1. The van der Waals surface area contributed by atoms with Crippen LogP contribution in [0.25, 0.3) is 22.0 Å². The van der Waals surface area contributed by atoms with Gasteiger partial charge in [-0.2, -0.15) is 0 Å². The van der Waals surface area contributed by atoms with Crippen molar-refractivity contribution in [2.45, 2.75) is 19.3 Å². The van der Waals surface area contributed by atoms with Crippen LogP contribution in [0.1, 0.15) is 28.1 Å². The van der Waals surface area contributed by atoms with Gasteiger partial charge in [0.25, 0.3) is 0 Å². The topological polar surface area (TPSA) is 67.0 Å². The maximum Gasteiger partial charge on any atom is 0.160 e. The molecule has 6 heteroatoms. The molecule has 25 heavy (non-hydrogen) atoms. The van der Waals surface area contributed by atoms with Gasteiger partial charge in [-0.1, -0.05) is 6.07 Å². The number of H-pyrrole nitrogens is 1. The number of thiophene rings is 1. The average molecular weight is 373 g/mol. The molecule has 0 amide bonds. The van der Waals surface area contributed by atoms with E-state index in [0.717, 1.165) is 47.1 Å². The Kier molecular flexibility index (Phi) is 4.25. The van der Waals surface area contributed by atoms with Crippen LogP contribution in [0, 0.1) is 5.92 Å². The summed E-state index contributed by atoms with van der Waals surface area (Å²) in [5.74, 6) is 1.05. The van der Waals surface area contributed by atoms with E-state index in [1.54, 1.807) is 0 Å². The Labute approximate surface area is 150 Å². The molecule has 0 bridgehead atoms. The highest BCUT2D eigenvalue weighted by atomic mass is 32.2. The lowest BCUT2D eigenvalue weighted by atomic mass is 9.93. The largest absolute Gasteiger partial charge is 0.361 e. The molecule has 1 fully saturated rings. The Morgan fingerprint density at radius 1 is 1.16 bits per heavy atom. The predicted molar refractivity (Wildman–Crippen MR) is 102 cm³/mol. The molecule has 1 aliphatic heterocycles. The van der Waals surface area contributed by atoms with Crippen molar-refractivity contribution in [2.75, 3.05) is 11.5 Å². The van der Waals surface area contributed by atoms with Crippen molar-refractivity contribution in [3.8, 4) is 11.1 Å². The van der Waals surface area contributed by atoms with Crippen molar-refractivity contribution < 1.29 is 13.2 Å². The van der Waals surface area contributed by atoms with Gasteiger partial charge in [-0.15, -0.1) is 11.3 Å². The van der Waals surface area contributed by atoms with Gasteiger partial charge < -0.3 is 4.98 Å². The lowest BCUT2D eigenvalue weighted by Gasteiger charge is -2.21.